The van der Waals surface area contributed by atoms with E-state index in [2.05, 4.69) is 54.8 Å². The van der Waals surface area contributed by atoms with E-state index in [0.29, 0.717) is 12.1 Å². The van der Waals surface area contributed by atoms with Crippen LogP contribution in [0.3, 0.4) is 0 Å². The van der Waals surface area contributed by atoms with Gasteiger partial charge in [0.15, 0.2) is 0 Å². The van der Waals surface area contributed by atoms with Gasteiger partial charge in [-0.15, -0.1) is 0 Å². The summed E-state index contributed by atoms with van der Waals surface area (Å²) in [5.41, 5.74) is 7.98. The lowest BCUT2D eigenvalue weighted by Gasteiger charge is -2.27. The van der Waals surface area contributed by atoms with E-state index < -0.39 is 0 Å². The number of aryl methyl sites for hydroxylation is 2. The van der Waals surface area contributed by atoms with Crippen molar-refractivity contribution in [3.05, 3.63) is 107 Å². The molecule has 1 atom stereocenters. The zero-order valence-electron chi connectivity index (χ0n) is 17.6. The van der Waals surface area contributed by atoms with Gasteiger partial charge in [-0.1, -0.05) is 54.6 Å². The Bertz CT molecular complexity index is 1260. The Kier molecular flexibility index (Phi) is 4.79. The lowest BCUT2D eigenvalue weighted by Crippen LogP contribution is -2.38. The number of aromatic nitrogens is 2. The van der Waals surface area contributed by atoms with Crippen molar-refractivity contribution in [2.24, 2.45) is 0 Å². The first-order valence-electron chi connectivity index (χ1n) is 10.4. The fourth-order valence-corrected chi connectivity index (χ4v) is 3.98. The Hall–Kier alpha value is -3.86. The van der Waals surface area contributed by atoms with E-state index in [4.69, 9.17) is 5.10 Å². The first-order valence-corrected chi connectivity index (χ1v) is 10.4. The molecular weight excluding hydrogens is 384 g/mol. The number of benzene rings is 3. The van der Waals surface area contributed by atoms with Crippen LogP contribution in [0.5, 0.6) is 0 Å². The second kappa shape index (κ2) is 7.76. The highest BCUT2D eigenvalue weighted by Gasteiger charge is 2.28. The van der Waals surface area contributed by atoms with Gasteiger partial charge in [0.05, 0.1) is 17.8 Å². The zero-order valence-corrected chi connectivity index (χ0v) is 17.6. The van der Waals surface area contributed by atoms with Crippen molar-refractivity contribution in [2.75, 3.05) is 5.32 Å². The van der Waals surface area contributed by atoms with Crippen molar-refractivity contribution in [2.45, 2.75) is 26.6 Å². The number of hydrogen-bond donors (Lipinski definition) is 2. The van der Waals surface area contributed by atoms with E-state index in [1.807, 2.05) is 53.3 Å². The number of carbonyl (C=O) groups is 1. The summed E-state index contributed by atoms with van der Waals surface area (Å²) in [6.45, 7) is 4.88. The third-order valence-corrected chi connectivity index (χ3v) is 5.82. The molecule has 0 spiro atoms. The SMILES string of the molecule is Cc1ccc(-c2nn(Cc3ccccc3)cc2[C@H]2NC(=O)c3ccccc3N2)cc1C. The van der Waals surface area contributed by atoms with Crippen LogP contribution in [0.15, 0.2) is 79.0 Å². The predicted molar refractivity (Wildman–Crippen MR) is 123 cm³/mol. The minimum atomic E-state index is -0.358. The third-order valence-electron chi connectivity index (χ3n) is 5.82. The van der Waals surface area contributed by atoms with Crippen LogP contribution in [-0.4, -0.2) is 15.7 Å². The van der Waals surface area contributed by atoms with Crippen molar-refractivity contribution in [3.63, 3.8) is 0 Å². The molecule has 2 N–H and O–H groups in total. The third kappa shape index (κ3) is 3.70. The number of anilines is 1. The molecule has 5 heteroatoms. The Morgan fingerprint density at radius 2 is 1.68 bits per heavy atom. The minimum absolute atomic E-state index is 0.0822. The van der Waals surface area contributed by atoms with Crippen LogP contribution in [0, 0.1) is 13.8 Å². The lowest BCUT2D eigenvalue weighted by atomic mass is 10.00. The zero-order chi connectivity index (χ0) is 21.4. The first-order chi connectivity index (χ1) is 15.1. The fraction of sp³-hybridized carbons (Fsp3) is 0.154. The van der Waals surface area contributed by atoms with Crippen LogP contribution >= 0.6 is 0 Å². The van der Waals surface area contributed by atoms with Gasteiger partial charge in [0.25, 0.3) is 5.91 Å². The molecule has 31 heavy (non-hydrogen) atoms. The van der Waals surface area contributed by atoms with E-state index in [9.17, 15) is 4.79 Å². The Balaban J connectivity index is 1.58. The van der Waals surface area contributed by atoms with Gasteiger partial charge >= 0.3 is 0 Å². The van der Waals surface area contributed by atoms with Crippen molar-refractivity contribution >= 4 is 11.6 Å². The Morgan fingerprint density at radius 3 is 2.48 bits per heavy atom. The number of amides is 1. The molecule has 0 saturated carbocycles. The smallest absolute Gasteiger partial charge is 0.255 e. The highest BCUT2D eigenvalue weighted by Crippen LogP contribution is 2.32. The maximum absolute atomic E-state index is 12.7. The van der Waals surface area contributed by atoms with Crippen LogP contribution in [-0.2, 0) is 6.54 Å². The molecule has 0 fully saturated rings. The summed E-state index contributed by atoms with van der Waals surface area (Å²) in [7, 11) is 0. The number of para-hydroxylation sites is 1. The number of fused-ring (bicyclic) bond motifs is 1. The van der Waals surface area contributed by atoms with Crippen molar-refractivity contribution in [1.82, 2.24) is 15.1 Å². The number of hydrogen-bond acceptors (Lipinski definition) is 3. The van der Waals surface area contributed by atoms with Gasteiger partial charge in [-0.05, 0) is 48.7 Å². The van der Waals surface area contributed by atoms with Gasteiger partial charge in [-0.3, -0.25) is 9.48 Å². The molecule has 1 amide bonds. The molecule has 1 aliphatic heterocycles. The van der Waals surface area contributed by atoms with Crippen LogP contribution in [0.2, 0.25) is 0 Å². The second-order valence-corrected chi connectivity index (χ2v) is 8.01. The minimum Gasteiger partial charge on any atom is -0.361 e. The van der Waals surface area contributed by atoms with Crippen LogP contribution in [0.4, 0.5) is 5.69 Å². The van der Waals surface area contributed by atoms with E-state index in [1.165, 1.54) is 16.7 Å². The van der Waals surface area contributed by atoms with Crippen LogP contribution in [0.25, 0.3) is 11.3 Å². The molecule has 0 bridgehead atoms. The molecule has 1 aliphatic rings. The van der Waals surface area contributed by atoms with Crippen LogP contribution in [0.1, 0.15) is 38.8 Å². The summed E-state index contributed by atoms with van der Waals surface area (Å²) >= 11 is 0. The monoisotopic (exact) mass is 408 g/mol. The molecule has 5 nitrogen and oxygen atoms in total. The lowest BCUT2D eigenvalue weighted by molar-refractivity contribution is 0.0936. The highest BCUT2D eigenvalue weighted by atomic mass is 16.2. The first kappa shape index (κ1) is 19.1. The maximum atomic E-state index is 12.7. The summed E-state index contributed by atoms with van der Waals surface area (Å²) in [5.74, 6) is -0.0822. The fourth-order valence-electron chi connectivity index (χ4n) is 3.98. The van der Waals surface area contributed by atoms with E-state index in [0.717, 1.165) is 22.5 Å². The molecule has 0 saturated heterocycles. The summed E-state index contributed by atoms with van der Waals surface area (Å²) in [6, 6.07) is 24.2. The normalized spacial score (nSPS) is 15.2. The average Bonchev–Trinajstić information content (AvgIpc) is 3.20. The number of rotatable bonds is 4. The summed E-state index contributed by atoms with van der Waals surface area (Å²) in [4.78, 5) is 12.7. The standard InChI is InChI=1S/C26H24N4O/c1-17-12-13-20(14-18(17)2)24-22(16-30(29-24)15-19-8-4-3-5-9-19)25-27-23-11-7-6-10-21(23)26(31)28-25/h3-14,16,25,27H,15H2,1-2H3,(H,28,31)/t25-/m1/s1. The van der Waals surface area contributed by atoms with E-state index in [1.54, 1.807) is 0 Å². The van der Waals surface area contributed by atoms with E-state index >= 15 is 0 Å². The topological polar surface area (TPSA) is 59.0 Å². The molecular formula is C26H24N4O. The predicted octanol–water partition coefficient (Wildman–Crippen LogP) is 5.07. The summed E-state index contributed by atoms with van der Waals surface area (Å²) in [6.07, 6.45) is 1.67. The molecule has 0 unspecified atom stereocenters. The maximum Gasteiger partial charge on any atom is 0.255 e. The quantitative estimate of drug-likeness (QED) is 0.496. The van der Waals surface area contributed by atoms with Gasteiger partial charge in [0, 0.05) is 23.0 Å². The Labute approximate surface area is 181 Å². The number of nitrogens with zero attached hydrogens (tertiary/aromatic N) is 2. The van der Waals surface area contributed by atoms with Crippen molar-refractivity contribution in [1.29, 1.82) is 0 Å². The average molecular weight is 409 g/mol. The number of carbonyl (C=O) groups excluding carboxylic acids is 1. The highest BCUT2D eigenvalue weighted by molar-refractivity contribution is 6.01. The molecule has 5 rings (SSSR count). The molecule has 2 heterocycles. The van der Waals surface area contributed by atoms with E-state index in [-0.39, 0.29) is 12.1 Å². The molecule has 0 aliphatic carbocycles. The number of nitrogens with one attached hydrogen (secondary N) is 2. The summed E-state index contributed by atoms with van der Waals surface area (Å²) in [5, 5.41) is 11.5. The Morgan fingerprint density at radius 1 is 0.903 bits per heavy atom. The second-order valence-electron chi connectivity index (χ2n) is 8.01. The molecule has 3 aromatic carbocycles. The van der Waals surface area contributed by atoms with Gasteiger partial charge in [0.1, 0.15) is 6.17 Å². The van der Waals surface area contributed by atoms with Gasteiger partial charge < -0.3 is 10.6 Å². The molecule has 0 radical (unpaired) electrons. The van der Waals surface area contributed by atoms with Crippen LogP contribution < -0.4 is 10.6 Å². The molecule has 4 aromatic rings. The van der Waals surface area contributed by atoms with Gasteiger partial charge in [-0.2, -0.15) is 5.10 Å². The largest absolute Gasteiger partial charge is 0.361 e. The molecule has 154 valence electrons. The van der Waals surface area contributed by atoms with Crippen molar-refractivity contribution < 1.29 is 4.79 Å². The van der Waals surface area contributed by atoms with Gasteiger partial charge in [0.2, 0.25) is 0 Å². The van der Waals surface area contributed by atoms with Gasteiger partial charge in [-0.25, -0.2) is 0 Å². The summed E-state index contributed by atoms with van der Waals surface area (Å²) < 4.78 is 1.95. The molecule has 1 aromatic heterocycles. The van der Waals surface area contributed by atoms with Crippen molar-refractivity contribution in [3.8, 4) is 11.3 Å².